The molecule has 0 aliphatic heterocycles. The predicted molar refractivity (Wildman–Crippen MR) is 145 cm³/mol. The molecule has 2 aromatic rings. The number of hydrogen-bond donors (Lipinski definition) is 3. The van der Waals surface area contributed by atoms with Crippen molar-refractivity contribution in [1.29, 1.82) is 0 Å². The number of carbonyl (C=O) groups is 1. The minimum absolute atomic E-state index is 0.111. The molecule has 3 N–H and O–H groups in total. The van der Waals surface area contributed by atoms with Crippen molar-refractivity contribution in [3.63, 3.8) is 0 Å². The minimum Gasteiger partial charge on any atom is -0.468 e. The number of carbonyl (C=O) groups excluding carboxylic acids is 1. The Kier molecular flexibility index (Phi) is 11.4. The highest BCUT2D eigenvalue weighted by molar-refractivity contribution is 7.89. The molecule has 2 rings (SSSR count). The Bertz CT molecular complexity index is 1050. The summed E-state index contributed by atoms with van der Waals surface area (Å²) in [6.45, 7) is 8.62. The van der Waals surface area contributed by atoms with Gasteiger partial charge in [-0.05, 0) is 88.6 Å². The van der Waals surface area contributed by atoms with Crippen LogP contribution in [0.5, 0.6) is 0 Å². The molecule has 2 aromatic carbocycles. The van der Waals surface area contributed by atoms with E-state index in [2.05, 4.69) is 46.2 Å². The average molecular weight is 521 g/mol. The fraction of sp³-hybridized carbons (Fsp3) is 0.440. The summed E-state index contributed by atoms with van der Waals surface area (Å²) < 4.78 is 32.6. The molecule has 0 heterocycles. The van der Waals surface area contributed by atoms with Gasteiger partial charge in [0, 0.05) is 31.0 Å². The maximum Gasteiger partial charge on any atom is 0.323 e. The number of esters is 1. The van der Waals surface area contributed by atoms with Gasteiger partial charge >= 0.3 is 5.97 Å². The van der Waals surface area contributed by atoms with Gasteiger partial charge in [0.1, 0.15) is 6.04 Å². The number of nitrogens with zero attached hydrogens (tertiary/aromatic N) is 1. The van der Waals surface area contributed by atoms with E-state index in [0.717, 1.165) is 30.0 Å². The first kappa shape index (κ1) is 28.5. The Morgan fingerprint density at radius 2 is 1.66 bits per heavy atom. The fourth-order valence-electron chi connectivity index (χ4n) is 3.53. The van der Waals surface area contributed by atoms with Gasteiger partial charge < -0.3 is 20.3 Å². The molecule has 10 heteroatoms. The van der Waals surface area contributed by atoms with Crippen molar-refractivity contribution >= 4 is 44.7 Å². The summed E-state index contributed by atoms with van der Waals surface area (Å²) in [6.07, 6.45) is 1.61. The number of benzene rings is 2. The quantitative estimate of drug-likeness (QED) is 0.208. The van der Waals surface area contributed by atoms with Gasteiger partial charge in [0.25, 0.3) is 0 Å². The van der Waals surface area contributed by atoms with Gasteiger partial charge in [0.05, 0.1) is 12.0 Å². The minimum atomic E-state index is -3.83. The highest BCUT2D eigenvalue weighted by Gasteiger charge is 2.26. The van der Waals surface area contributed by atoms with Crippen LogP contribution in [0, 0.1) is 6.92 Å². The maximum absolute atomic E-state index is 12.7. The number of sulfonamides is 1. The fourth-order valence-corrected chi connectivity index (χ4v) is 4.97. The van der Waals surface area contributed by atoms with Gasteiger partial charge in [0.15, 0.2) is 5.11 Å². The van der Waals surface area contributed by atoms with E-state index in [9.17, 15) is 13.2 Å². The van der Waals surface area contributed by atoms with Crippen molar-refractivity contribution in [2.75, 3.05) is 37.0 Å². The summed E-state index contributed by atoms with van der Waals surface area (Å²) in [4.78, 5) is 14.5. The first-order valence-electron chi connectivity index (χ1n) is 11.8. The topological polar surface area (TPSA) is 99.8 Å². The largest absolute Gasteiger partial charge is 0.468 e. The summed E-state index contributed by atoms with van der Waals surface area (Å²) in [6, 6.07) is 13.6. The molecule has 0 saturated heterocycles. The van der Waals surface area contributed by atoms with Gasteiger partial charge in [-0.15, -0.1) is 0 Å². The zero-order chi connectivity index (χ0) is 25.8. The summed E-state index contributed by atoms with van der Waals surface area (Å²) in [5, 5.41) is 6.81. The summed E-state index contributed by atoms with van der Waals surface area (Å²) in [5.74, 6) is -0.612. The zero-order valence-corrected chi connectivity index (χ0v) is 22.5. The van der Waals surface area contributed by atoms with Crippen molar-refractivity contribution in [1.82, 2.24) is 10.0 Å². The number of rotatable bonds is 13. The van der Waals surface area contributed by atoms with Crippen LogP contribution in [0.3, 0.4) is 0 Å². The molecular weight excluding hydrogens is 484 g/mol. The molecule has 0 bridgehead atoms. The molecule has 192 valence electrons. The average Bonchev–Trinajstić information content (AvgIpc) is 2.84. The maximum atomic E-state index is 12.7. The third kappa shape index (κ3) is 9.12. The first-order valence-corrected chi connectivity index (χ1v) is 13.7. The Balaban J connectivity index is 1.79. The van der Waals surface area contributed by atoms with Crippen LogP contribution in [-0.4, -0.2) is 52.3 Å². The molecule has 0 fully saturated rings. The molecule has 0 aliphatic rings. The second-order valence-electron chi connectivity index (χ2n) is 8.11. The van der Waals surface area contributed by atoms with E-state index in [4.69, 9.17) is 17.0 Å². The van der Waals surface area contributed by atoms with Gasteiger partial charge in [0.2, 0.25) is 10.0 Å². The van der Waals surface area contributed by atoms with E-state index in [1.165, 1.54) is 19.2 Å². The number of hydrogen-bond acceptors (Lipinski definition) is 6. The number of nitrogens with one attached hydrogen (secondary N) is 3. The SMILES string of the molecule is CCN(CC)c1ccc(NC(=S)NCCCCC(NS(=O)(=O)c2ccc(C)cc2)C(=O)OC)cc1. The molecule has 0 aromatic heterocycles. The second-order valence-corrected chi connectivity index (χ2v) is 10.2. The van der Waals surface area contributed by atoms with Crippen LogP contribution in [0.1, 0.15) is 38.7 Å². The van der Waals surface area contributed by atoms with Crippen LogP contribution in [0.25, 0.3) is 0 Å². The van der Waals surface area contributed by atoms with Crippen molar-refractivity contribution in [2.45, 2.75) is 51.0 Å². The van der Waals surface area contributed by atoms with Gasteiger partial charge in [-0.3, -0.25) is 4.79 Å². The van der Waals surface area contributed by atoms with Crippen LogP contribution in [0.15, 0.2) is 53.4 Å². The number of methoxy groups -OCH3 is 1. The molecular formula is C25H36N4O4S2. The zero-order valence-electron chi connectivity index (χ0n) is 20.8. The summed E-state index contributed by atoms with van der Waals surface area (Å²) in [7, 11) is -2.59. The van der Waals surface area contributed by atoms with E-state index in [1.807, 2.05) is 19.1 Å². The van der Waals surface area contributed by atoms with Crippen molar-refractivity contribution in [2.24, 2.45) is 0 Å². The number of unbranched alkanes of at least 4 members (excludes halogenated alkanes) is 1. The van der Waals surface area contributed by atoms with Gasteiger partial charge in [-0.2, -0.15) is 4.72 Å². The van der Waals surface area contributed by atoms with Crippen LogP contribution in [0.2, 0.25) is 0 Å². The van der Waals surface area contributed by atoms with Gasteiger partial charge in [-0.1, -0.05) is 17.7 Å². The number of thiocarbonyl (C=S) groups is 1. The second kappa shape index (κ2) is 14.0. The van der Waals surface area contributed by atoms with E-state index in [0.29, 0.717) is 30.9 Å². The highest BCUT2D eigenvalue weighted by atomic mass is 32.2. The third-order valence-electron chi connectivity index (χ3n) is 5.57. The molecule has 0 amide bonds. The lowest BCUT2D eigenvalue weighted by Gasteiger charge is -2.21. The molecule has 0 spiro atoms. The van der Waals surface area contributed by atoms with E-state index in [1.54, 1.807) is 12.1 Å². The lowest BCUT2D eigenvalue weighted by molar-refractivity contribution is -0.142. The standard InChI is InChI=1S/C25H36N4O4S2/c1-5-29(6-2)21-14-12-20(13-15-21)27-25(34)26-18-8-7-9-23(24(30)33-4)28-35(31,32)22-16-10-19(3)11-17-22/h10-17,23,28H,5-9,18H2,1-4H3,(H2,26,27,34). The Hall–Kier alpha value is -2.69. The van der Waals surface area contributed by atoms with Crippen LogP contribution < -0.4 is 20.3 Å². The highest BCUT2D eigenvalue weighted by Crippen LogP contribution is 2.18. The van der Waals surface area contributed by atoms with Gasteiger partial charge in [-0.25, -0.2) is 8.42 Å². The van der Waals surface area contributed by atoms with Crippen LogP contribution in [-0.2, 0) is 19.6 Å². The monoisotopic (exact) mass is 520 g/mol. The molecule has 1 atom stereocenters. The Morgan fingerprint density at radius 1 is 1.03 bits per heavy atom. The normalized spacial score (nSPS) is 12.0. The molecule has 0 saturated carbocycles. The lowest BCUT2D eigenvalue weighted by atomic mass is 10.1. The number of aryl methyl sites for hydroxylation is 1. The van der Waals surface area contributed by atoms with Crippen LogP contribution in [0.4, 0.5) is 11.4 Å². The Morgan fingerprint density at radius 3 is 2.23 bits per heavy atom. The third-order valence-corrected chi connectivity index (χ3v) is 7.31. The molecule has 8 nitrogen and oxygen atoms in total. The van der Waals surface area contributed by atoms with Crippen molar-refractivity contribution in [3.05, 3.63) is 54.1 Å². The number of anilines is 2. The summed E-state index contributed by atoms with van der Waals surface area (Å²) in [5.41, 5.74) is 3.01. The van der Waals surface area contributed by atoms with Crippen LogP contribution >= 0.6 is 12.2 Å². The predicted octanol–water partition coefficient (Wildman–Crippen LogP) is 3.82. The summed E-state index contributed by atoms with van der Waals surface area (Å²) >= 11 is 5.36. The molecule has 1 unspecified atom stereocenters. The van der Waals surface area contributed by atoms with E-state index < -0.39 is 22.0 Å². The first-order chi connectivity index (χ1) is 16.7. The van der Waals surface area contributed by atoms with E-state index >= 15 is 0 Å². The lowest BCUT2D eigenvalue weighted by Crippen LogP contribution is -2.41. The smallest absolute Gasteiger partial charge is 0.323 e. The Labute approximate surface area is 214 Å². The molecule has 0 aliphatic carbocycles. The van der Waals surface area contributed by atoms with E-state index in [-0.39, 0.29) is 4.90 Å². The molecule has 35 heavy (non-hydrogen) atoms. The van der Waals surface area contributed by atoms with Crippen molar-refractivity contribution < 1.29 is 17.9 Å². The van der Waals surface area contributed by atoms with Crippen molar-refractivity contribution in [3.8, 4) is 0 Å². The molecule has 0 radical (unpaired) electrons. The number of ether oxygens (including phenoxy) is 1.